The summed E-state index contributed by atoms with van der Waals surface area (Å²) in [5.74, 6) is 0. The summed E-state index contributed by atoms with van der Waals surface area (Å²) < 4.78 is 6.88. The number of benzene rings is 12. The van der Waals surface area contributed by atoms with Gasteiger partial charge in [0, 0.05) is 38.8 Å². The zero-order valence-electron chi connectivity index (χ0n) is 37.8. The summed E-state index contributed by atoms with van der Waals surface area (Å²) in [5.41, 5.74) is 9.70. The molecule has 0 amide bonds. The minimum atomic E-state index is -2.73. The maximum absolute atomic E-state index is 6.88. The van der Waals surface area contributed by atoms with E-state index in [0.29, 0.717) is 0 Å². The van der Waals surface area contributed by atoms with E-state index < -0.39 is 8.07 Å². The smallest absolute Gasteiger partial charge is 0.179 e. The van der Waals surface area contributed by atoms with Crippen LogP contribution in [0.2, 0.25) is 0 Å². The van der Waals surface area contributed by atoms with Crippen LogP contribution in [0.4, 0.5) is 17.1 Å². The lowest BCUT2D eigenvalue weighted by Crippen LogP contribution is -2.74. The summed E-state index contributed by atoms with van der Waals surface area (Å²) in [6.45, 7) is 0. The van der Waals surface area contributed by atoms with Crippen LogP contribution in [0.5, 0.6) is 0 Å². The molecule has 0 N–H and O–H groups in total. The molecule has 0 unspecified atom stereocenters. The van der Waals surface area contributed by atoms with E-state index >= 15 is 0 Å². The lowest BCUT2D eigenvalue weighted by molar-refractivity contribution is 0.674. The number of fused-ring (bicyclic) bond motifs is 8. The normalized spacial score (nSPS) is 11.8. The highest BCUT2D eigenvalue weighted by Crippen LogP contribution is 2.43. The summed E-state index contributed by atoms with van der Waals surface area (Å²) in [7, 11) is -2.73. The molecular formula is C66H45NOSi. The van der Waals surface area contributed by atoms with E-state index in [9.17, 15) is 0 Å². The first kappa shape index (κ1) is 40.5. The van der Waals surface area contributed by atoms with Crippen molar-refractivity contribution in [1.82, 2.24) is 0 Å². The summed E-state index contributed by atoms with van der Waals surface area (Å²) in [6, 6.07) is 100. The molecule has 3 heteroatoms. The van der Waals surface area contributed by atoms with Crippen molar-refractivity contribution < 1.29 is 4.42 Å². The van der Waals surface area contributed by atoms with Crippen molar-refractivity contribution in [2.24, 2.45) is 0 Å². The highest BCUT2D eigenvalue weighted by Gasteiger charge is 2.41. The molecule has 69 heavy (non-hydrogen) atoms. The van der Waals surface area contributed by atoms with Crippen molar-refractivity contribution in [2.75, 3.05) is 4.90 Å². The number of para-hydroxylation sites is 1. The van der Waals surface area contributed by atoms with Gasteiger partial charge in [-0.25, -0.2) is 0 Å². The molecule has 0 atom stereocenters. The van der Waals surface area contributed by atoms with Crippen molar-refractivity contribution in [3.8, 4) is 22.3 Å². The molecule has 0 radical (unpaired) electrons. The molecule has 0 spiro atoms. The SMILES string of the molecule is c1ccc(-c2cccc3c2oc2c4ccc(N(c5ccc(-c6cc7ccccc7c7ccccc67)cc5)c5ccc([Si](c6ccccc6)(c6ccccc6)c6ccccc6)cc5)cc4ccc32)cc1. The Hall–Kier alpha value is -8.76. The number of anilines is 3. The Bertz CT molecular complexity index is 3880. The molecule has 0 saturated heterocycles. The molecule has 324 valence electrons. The van der Waals surface area contributed by atoms with E-state index in [1.54, 1.807) is 0 Å². The standard InChI is InChI=1S/C66H45NOSi/c1-5-18-46(19-6-1)58-30-17-31-62-63-42-34-49-44-52(39-43-59(49)66(63)68-65(58)62)67(50-35-32-47(33-36-50)64-45-48-20-13-14-27-57(48)60-28-15-16-29-61(60)64)51-37-40-56(41-38-51)69(53-21-7-2-8-22-53,54-23-9-3-10-24-54)55-25-11-4-12-26-55/h1-45H. The molecule has 1 heterocycles. The van der Waals surface area contributed by atoms with Crippen LogP contribution in [0, 0.1) is 0 Å². The quantitative estimate of drug-likeness (QED) is 0.0815. The fourth-order valence-corrected chi connectivity index (χ4v) is 15.8. The minimum absolute atomic E-state index is 0.907. The van der Waals surface area contributed by atoms with Crippen molar-refractivity contribution in [3.63, 3.8) is 0 Å². The second-order valence-electron chi connectivity index (χ2n) is 18.0. The maximum atomic E-state index is 6.88. The van der Waals surface area contributed by atoms with Crippen molar-refractivity contribution in [3.05, 3.63) is 273 Å². The summed E-state index contributed by atoms with van der Waals surface area (Å²) in [5, 5.41) is 14.9. The van der Waals surface area contributed by atoms with Crippen LogP contribution in [0.15, 0.2) is 277 Å². The van der Waals surface area contributed by atoms with Crippen LogP contribution in [0.1, 0.15) is 0 Å². The van der Waals surface area contributed by atoms with Gasteiger partial charge in [-0.3, -0.25) is 0 Å². The molecule has 0 bridgehead atoms. The molecular weight excluding hydrogens is 851 g/mol. The van der Waals surface area contributed by atoms with Gasteiger partial charge < -0.3 is 9.32 Å². The van der Waals surface area contributed by atoms with Gasteiger partial charge >= 0.3 is 0 Å². The summed E-state index contributed by atoms with van der Waals surface area (Å²) in [6.07, 6.45) is 0. The van der Waals surface area contributed by atoms with Gasteiger partial charge in [-0.1, -0.05) is 218 Å². The Morgan fingerprint density at radius 1 is 0.261 bits per heavy atom. The van der Waals surface area contributed by atoms with Gasteiger partial charge in [-0.15, -0.1) is 0 Å². The highest BCUT2D eigenvalue weighted by atomic mass is 28.3. The lowest BCUT2D eigenvalue weighted by atomic mass is 9.93. The fraction of sp³-hybridized carbons (Fsp3) is 0. The zero-order chi connectivity index (χ0) is 45.7. The Balaban J connectivity index is 0.980. The molecule has 2 nitrogen and oxygen atoms in total. The second-order valence-corrected chi connectivity index (χ2v) is 21.8. The minimum Gasteiger partial charge on any atom is -0.455 e. The van der Waals surface area contributed by atoms with E-state index in [0.717, 1.165) is 60.9 Å². The highest BCUT2D eigenvalue weighted by molar-refractivity contribution is 7.19. The molecule has 0 aliphatic heterocycles. The van der Waals surface area contributed by atoms with Crippen LogP contribution in [-0.4, -0.2) is 8.07 Å². The molecule has 13 aromatic rings. The van der Waals surface area contributed by atoms with E-state index in [1.165, 1.54) is 53.4 Å². The van der Waals surface area contributed by atoms with Gasteiger partial charge in [0.15, 0.2) is 8.07 Å². The van der Waals surface area contributed by atoms with Gasteiger partial charge in [-0.2, -0.15) is 0 Å². The fourth-order valence-electron chi connectivity index (χ4n) is 11.0. The second kappa shape index (κ2) is 16.8. The van der Waals surface area contributed by atoms with E-state index in [4.69, 9.17) is 4.42 Å². The molecule has 1 aromatic heterocycles. The molecule has 0 fully saturated rings. The molecule has 0 aliphatic rings. The number of hydrogen-bond acceptors (Lipinski definition) is 2. The van der Waals surface area contributed by atoms with Crippen molar-refractivity contribution >= 4 is 100 Å². The topological polar surface area (TPSA) is 16.4 Å². The third-order valence-corrected chi connectivity index (χ3v) is 19.0. The molecule has 0 aliphatic carbocycles. The Kier molecular flexibility index (Phi) is 9.88. The van der Waals surface area contributed by atoms with Gasteiger partial charge in [0.25, 0.3) is 0 Å². The van der Waals surface area contributed by atoms with Crippen LogP contribution in [0.25, 0.3) is 76.5 Å². The van der Waals surface area contributed by atoms with Crippen LogP contribution >= 0.6 is 0 Å². The number of nitrogens with zero attached hydrogens (tertiary/aromatic N) is 1. The Morgan fingerprint density at radius 3 is 1.38 bits per heavy atom. The van der Waals surface area contributed by atoms with Crippen molar-refractivity contribution in [1.29, 1.82) is 0 Å². The Labute approximate surface area is 402 Å². The largest absolute Gasteiger partial charge is 0.455 e. The summed E-state index contributed by atoms with van der Waals surface area (Å²) >= 11 is 0. The van der Waals surface area contributed by atoms with Crippen LogP contribution < -0.4 is 25.6 Å². The molecule has 12 aromatic carbocycles. The first-order valence-corrected chi connectivity index (χ1v) is 25.7. The van der Waals surface area contributed by atoms with Gasteiger partial charge in [0.1, 0.15) is 11.2 Å². The van der Waals surface area contributed by atoms with Crippen LogP contribution in [-0.2, 0) is 0 Å². The van der Waals surface area contributed by atoms with Crippen LogP contribution in [0.3, 0.4) is 0 Å². The third kappa shape index (κ3) is 6.78. The van der Waals surface area contributed by atoms with E-state index in [1.807, 2.05) is 0 Å². The summed E-state index contributed by atoms with van der Waals surface area (Å²) in [4.78, 5) is 2.40. The predicted molar refractivity (Wildman–Crippen MR) is 295 cm³/mol. The first-order valence-electron chi connectivity index (χ1n) is 23.7. The number of rotatable bonds is 9. The van der Waals surface area contributed by atoms with Gasteiger partial charge in [-0.05, 0) is 119 Å². The first-order chi connectivity index (χ1) is 34.2. The average Bonchev–Trinajstić information content (AvgIpc) is 3.82. The number of furan rings is 1. The maximum Gasteiger partial charge on any atom is 0.179 e. The van der Waals surface area contributed by atoms with Gasteiger partial charge in [0.05, 0.1) is 0 Å². The van der Waals surface area contributed by atoms with Gasteiger partial charge in [0.2, 0.25) is 0 Å². The Morgan fingerprint density at radius 2 is 0.725 bits per heavy atom. The number of hydrogen-bond donors (Lipinski definition) is 0. The third-order valence-electron chi connectivity index (χ3n) is 14.2. The zero-order valence-corrected chi connectivity index (χ0v) is 38.8. The molecule has 13 rings (SSSR count). The predicted octanol–water partition coefficient (Wildman–Crippen LogP) is 15.2. The lowest BCUT2D eigenvalue weighted by Gasteiger charge is -2.35. The monoisotopic (exact) mass is 895 g/mol. The van der Waals surface area contributed by atoms with E-state index in [-0.39, 0.29) is 0 Å². The molecule has 0 saturated carbocycles. The average molecular weight is 896 g/mol. The van der Waals surface area contributed by atoms with Crippen molar-refractivity contribution in [2.45, 2.75) is 0 Å². The van der Waals surface area contributed by atoms with E-state index in [2.05, 4.69) is 278 Å².